The molecule has 0 fully saturated rings. The third-order valence-corrected chi connectivity index (χ3v) is 5.55. The topological polar surface area (TPSA) is 28.2 Å². The molecule has 3 nitrogen and oxygen atoms in total. The second-order valence-electron chi connectivity index (χ2n) is 6.23. The van der Waals surface area contributed by atoms with E-state index in [0.717, 1.165) is 23.7 Å². The van der Waals surface area contributed by atoms with Gasteiger partial charge in [-0.15, -0.1) is 0 Å². The summed E-state index contributed by atoms with van der Waals surface area (Å²) in [6, 6.07) is 13.5. The van der Waals surface area contributed by atoms with Gasteiger partial charge in [-0.2, -0.15) is 0 Å². The Morgan fingerprint density at radius 2 is 2.04 bits per heavy atom. The predicted octanol–water partition coefficient (Wildman–Crippen LogP) is 4.60. The minimum Gasteiger partial charge on any atom is -0.367 e. The van der Waals surface area contributed by atoms with E-state index >= 15 is 0 Å². The van der Waals surface area contributed by atoms with Crippen LogP contribution in [0.25, 0.3) is 10.2 Å². The second kappa shape index (κ2) is 5.85. The number of aryl methyl sites for hydroxylation is 2. The van der Waals surface area contributed by atoms with Crippen molar-refractivity contribution in [2.45, 2.75) is 26.3 Å². The van der Waals surface area contributed by atoms with Gasteiger partial charge < -0.3 is 10.2 Å². The standard InChI is InChI=1S/C19H21N3S/c1-13-5-7-14(8-6-13)12-22-9-3-4-15-10-18-16(11-17(15)22)21-19(20-2)23-18/h5-8,10-11H,3-4,9,12H2,1-2H3,(H,20,21). The van der Waals surface area contributed by atoms with Crippen molar-refractivity contribution in [2.24, 2.45) is 0 Å². The number of aromatic nitrogens is 1. The molecule has 1 aliphatic heterocycles. The lowest BCUT2D eigenvalue weighted by molar-refractivity contribution is 0.692. The van der Waals surface area contributed by atoms with E-state index < -0.39 is 0 Å². The average Bonchev–Trinajstić information content (AvgIpc) is 2.97. The molecular weight excluding hydrogens is 302 g/mol. The Hall–Kier alpha value is -2.07. The Morgan fingerprint density at radius 3 is 2.83 bits per heavy atom. The summed E-state index contributed by atoms with van der Waals surface area (Å²) in [5, 5.41) is 4.15. The molecule has 0 atom stereocenters. The number of benzene rings is 2. The lowest BCUT2D eigenvalue weighted by atomic mass is 10.0. The smallest absolute Gasteiger partial charge is 0.183 e. The maximum Gasteiger partial charge on any atom is 0.183 e. The molecule has 3 aromatic rings. The Morgan fingerprint density at radius 1 is 1.22 bits per heavy atom. The van der Waals surface area contributed by atoms with Crippen molar-refractivity contribution in [3.63, 3.8) is 0 Å². The highest BCUT2D eigenvalue weighted by atomic mass is 32.1. The summed E-state index contributed by atoms with van der Waals surface area (Å²) in [6.07, 6.45) is 2.39. The number of hydrogen-bond donors (Lipinski definition) is 1. The van der Waals surface area contributed by atoms with Crippen LogP contribution in [0.1, 0.15) is 23.1 Å². The van der Waals surface area contributed by atoms with Crippen LogP contribution in [0, 0.1) is 6.92 Å². The van der Waals surface area contributed by atoms with Gasteiger partial charge in [0, 0.05) is 25.8 Å². The summed E-state index contributed by atoms with van der Waals surface area (Å²) >= 11 is 1.74. The van der Waals surface area contributed by atoms with Crippen molar-refractivity contribution in [1.82, 2.24) is 4.98 Å². The molecule has 0 saturated carbocycles. The van der Waals surface area contributed by atoms with Crippen molar-refractivity contribution in [2.75, 3.05) is 23.8 Å². The van der Waals surface area contributed by atoms with Crippen molar-refractivity contribution in [3.8, 4) is 0 Å². The van der Waals surface area contributed by atoms with Crippen LogP contribution >= 0.6 is 11.3 Å². The summed E-state index contributed by atoms with van der Waals surface area (Å²) in [5.74, 6) is 0. The van der Waals surface area contributed by atoms with Crippen LogP contribution in [0.2, 0.25) is 0 Å². The number of rotatable bonds is 3. The zero-order chi connectivity index (χ0) is 15.8. The SMILES string of the molecule is CNc1nc2cc3c(cc2s1)CCCN3Cc1ccc(C)cc1. The van der Waals surface area contributed by atoms with E-state index in [4.69, 9.17) is 0 Å². The fourth-order valence-electron chi connectivity index (χ4n) is 3.27. The summed E-state index contributed by atoms with van der Waals surface area (Å²) in [7, 11) is 1.93. The van der Waals surface area contributed by atoms with Gasteiger partial charge in [0.25, 0.3) is 0 Å². The number of nitrogens with zero attached hydrogens (tertiary/aromatic N) is 2. The first-order valence-corrected chi connectivity index (χ1v) is 8.96. The molecule has 1 aromatic heterocycles. The fourth-order valence-corrected chi connectivity index (χ4v) is 4.13. The van der Waals surface area contributed by atoms with Gasteiger partial charge in [0.15, 0.2) is 5.13 Å². The number of thiazole rings is 1. The van der Waals surface area contributed by atoms with Crippen molar-refractivity contribution in [1.29, 1.82) is 0 Å². The van der Waals surface area contributed by atoms with Crippen LogP contribution in [-0.2, 0) is 13.0 Å². The summed E-state index contributed by atoms with van der Waals surface area (Å²) in [6.45, 7) is 4.23. The first kappa shape index (κ1) is 14.5. The maximum atomic E-state index is 4.67. The molecule has 0 radical (unpaired) electrons. The predicted molar refractivity (Wildman–Crippen MR) is 99.7 cm³/mol. The molecule has 1 N–H and O–H groups in total. The molecule has 0 spiro atoms. The quantitative estimate of drug-likeness (QED) is 0.763. The minimum atomic E-state index is 0.974. The van der Waals surface area contributed by atoms with Crippen molar-refractivity contribution >= 4 is 32.4 Å². The summed E-state index contributed by atoms with van der Waals surface area (Å²) in [4.78, 5) is 7.17. The molecule has 0 bridgehead atoms. The van der Waals surface area contributed by atoms with Gasteiger partial charge in [0.2, 0.25) is 0 Å². The summed E-state index contributed by atoms with van der Waals surface area (Å²) in [5.41, 5.74) is 6.61. The molecule has 23 heavy (non-hydrogen) atoms. The van der Waals surface area contributed by atoms with Crippen molar-refractivity contribution < 1.29 is 0 Å². The molecule has 0 amide bonds. The highest BCUT2D eigenvalue weighted by Crippen LogP contribution is 2.35. The second-order valence-corrected chi connectivity index (χ2v) is 7.26. The first-order chi connectivity index (χ1) is 11.2. The largest absolute Gasteiger partial charge is 0.367 e. The van der Waals surface area contributed by atoms with E-state index in [-0.39, 0.29) is 0 Å². The molecule has 1 aliphatic rings. The number of fused-ring (bicyclic) bond motifs is 2. The van der Waals surface area contributed by atoms with E-state index in [9.17, 15) is 0 Å². The molecule has 4 rings (SSSR count). The molecule has 2 heterocycles. The lowest BCUT2D eigenvalue weighted by Crippen LogP contribution is -2.28. The average molecular weight is 323 g/mol. The Labute approximate surface area is 141 Å². The van der Waals surface area contributed by atoms with Gasteiger partial charge in [-0.3, -0.25) is 0 Å². The highest BCUT2D eigenvalue weighted by molar-refractivity contribution is 7.22. The lowest BCUT2D eigenvalue weighted by Gasteiger charge is -2.31. The Kier molecular flexibility index (Phi) is 3.69. The molecule has 0 unspecified atom stereocenters. The van der Waals surface area contributed by atoms with Crippen LogP contribution in [-0.4, -0.2) is 18.6 Å². The van der Waals surface area contributed by atoms with E-state index in [1.54, 1.807) is 11.3 Å². The molecule has 4 heteroatoms. The molecular formula is C19H21N3S. The molecule has 118 valence electrons. The van der Waals surface area contributed by atoms with Gasteiger partial charge in [0.05, 0.1) is 10.2 Å². The van der Waals surface area contributed by atoms with E-state index in [1.165, 1.54) is 39.9 Å². The van der Waals surface area contributed by atoms with Crippen LogP contribution in [0.5, 0.6) is 0 Å². The van der Waals surface area contributed by atoms with Gasteiger partial charge in [-0.1, -0.05) is 41.2 Å². The number of hydrogen-bond acceptors (Lipinski definition) is 4. The van der Waals surface area contributed by atoms with Gasteiger partial charge >= 0.3 is 0 Å². The van der Waals surface area contributed by atoms with Gasteiger partial charge in [0.1, 0.15) is 0 Å². The van der Waals surface area contributed by atoms with Crippen LogP contribution < -0.4 is 10.2 Å². The monoisotopic (exact) mass is 323 g/mol. The molecule has 2 aromatic carbocycles. The minimum absolute atomic E-state index is 0.974. The van der Waals surface area contributed by atoms with Crippen molar-refractivity contribution in [3.05, 3.63) is 53.1 Å². The highest BCUT2D eigenvalue weighted by Gasteiger charge is 2.19. The summed E-state index contributed by atoms with van der Waals surface area (Å²) < 4.78 is 1.28. The zero-order valence-corrected chi connectivity index (χ0v) is 14.4. The normalized spacial score (nSPS) is 14.1. The molecule has 0 saturated heterocycles. The zero-order valence-electron chi connectivity index (χ0n) is 13.6. The maximum absolute atomic E-state index is 4.67. The molecule has 0 aliphatic carbocycles. The Bertz CT molecular complexity index is 836. The number of nitrogens with one attached hydrogen (secondary N) is 1. The van der Waals surface area contributed by atoms with Crippen LogP contribution in [0.15, 0.2) is 36.4 Å². The Balaban J connectivity index is 1.70. The van der Waals surface area contributed by atoms with E-state index in [1.807, 2.05) is 7.05 Å². The van der Waals surface area contributed by atoms with Crippen LogP contribution in [0.4, 0.5) is 10.8 Å². The fraction of sp³-hybridized carbons (Fsp3) is 0.316. The van der Waals surface area contributed by atoms with E-state index in [2.05, 4.69) is 58.5 Å². The van der Waals surface area contributed by atoms with Gasteiger partial charge in [-0.05, 0) is 43.0 Å². The van der Waals surface area contributed by atoms with Crippen LogP contribution in [0.3, 0.4) is 0 Å². The third-order valence-electron chi connectivity index (χ3n) is 4.51. The van der Waals surface area contributed by atoms with E-state index in [0.29, 0.717) is 0 Å². The first-order valence-electron chi connectivity index (χ1n) is 8.14. The van der Waals surface area contributed by atoms with Gasteiger partial charge in [-0.25, -0.2) is 4.98 Å². The number of anilines is 2. The third kappa shape index (κ3) is 2.79.